The number of hydrogen-bond donors (Lipinski definition) is 1. The average Bonchev–Trinajstić information content (AvgIpc) is 2.16. The predicted molar refractivity (Wildman–Crippen MR) is 56.0 cm³/mol. The largest absolute Gasteiger partial charge is 0.416 e. The molecule has 1 saturated heterocycles. The Morgan fingerprint density at radius 1 is 1.25 bits per heavy atom. The lowest BCUT2D eigenvalue weighted by Gasteiger charge is -2.43. The molecule has 1 N–H and O–H groups in total. The van der Waals surface area contributed by atoms with E-state index in [4.69, 9.17) is 0 Å². The second-order valence-electron chi connectivity index (χ2n) is 4.19. The standard InChI is InChI=1S/C12H14F3N/c1-2-11(7-8-16-11)9-3-5-10(6-4-9)12(13,14)15/h3-6,16H,2,7-8H2,1H3. The van der Waals surface area contributed by atoms with E-state index >= 15 is 0 Å². The van der Waals surface area contributed by atoms with Crippen LogP contribution < -0.4 is 5.32 Å². The Kier molecular flexibility index (Phi) is 2.70. The maximum absolute atomic E-state index is 12.4. The number of halogens is 3. The van der Waals surface area contributed by atoms with Gasteiger partial charge >= 0.3 is 6.18 Å². The highest BCUT2D eigenvalue weighted by molar-refractivity contribution is 5.31. The number of alkyl halides is 3. The van der Waals surface area contributed by atoms with Crippen molar-refractivity contribution in [1.82, 2.24) is 5.32 Å². The van der Waals surface area contributed by atoms with E-state index < -0.39 is 11.7 Å². The summed E-state index contributed by atoms with van der Waals surface area (Å²) in [5.41, 5.74) is 0.278. The highest BCUT2D eigenvalue weighted by Gasteiger charge is 2.37. The molecular weight excluding hydrogens is 215 g/mol. The van der Waals surface area contributed by atoms with Crippen molar-refractivity contribution in [3.8, 4) is 0 Å². The van der Waals surface area contributed by atoms with Gasteiger partial charge < -0.3 is 5.32 Å². The molecule has 1 aliphatic heterocycles. The molecule has 0 saturated carbocycles. The van der Waals surface area contributed by atoms with Gasteiger partial charge in [-0.3, -0.25) is 0 Å². The Morgan fingerprint density at radius 2 is 1.81 bits per heavy atom. The van der Waals surface area contributed by atoms with E-state index in [2.05, 4.69) is 5.32 Å². The van der Waals surface area contributed by atoms with Crippen molar-refractivity contribution in [3.05, 3.63) is 35.4 Å². The second-order valence-corrected chi connectivity index (χ2v) is 4.19. The van der Waals surface area contributed by atoms with Gasteiger partial charge in [0.05, 0.1) is 5.56 Å². The van der Waals surface area contributed by atoms with E-state index in [0.29, 0.717) is 0 Å². The summed E-state index contributed by atoms with van der Waals surface area (Å²) >= 11 is 0. The third-order valence-electron chi connectivity index (χ3n) is 3.38. The fourth-order valence-electron chi connectivity index (χ4n) is 2.16. The molecule has 2 rings (SSSR count). The van der Waals surface area contributed by atoms with Crippen LogP contribution >= 0.6 is 0 Å². The maximum atomic E-state index is 12.4. The van der Waals surface area contributed by atoms with Gasteiger partial charge in [0.15, 0.2) is 0 Å². The number of nitrogens with one attached hydrogen (secondary N) is 1. The van der Waals surface area contributed by atoms with Gasteiger partial charge in [0, 0.05) is 5.54 Å². The van der Waals surface area contributed by atoms with Crippen LogP contribution in [0.1, 0.15) is 30.9 Å². The molecule has 0 radical (unpaired) electrons. The molecule has 0 amide bonds. The van der Waals surface area contributed by atoms with Crippen LogP contribution in [0.4, 0.5) is 13.2 Å². The van der Waals surface area contributed by atoms with Crippen LogP contribution in [-0.4, -0.2) is 6.54 Å². The number of benzene rings is 1. The van der Waals surface area contributed by atoms with E-state index in [-0.39, 0.29) is 5.54 Å². The summed E-state index contributed by atoms with van der Waals surface area (Å²) in [5.74, 6) is 0. The van der Waals surface area contributed by atoms with E-state index in [1.54, 1.807) is 12.1 Å². The highest BCUT2D eigenvalue weighted by Crippen LogP contribution is 2.36. The summed E-state index contributed by atoms with van der Waals surface area (Å²) in [6.45, 7) is 2.98. The molecule has 1 aromatic carbocycles. The summed E-state index contributed by atoms with van der Waals surface area (Å²) in [6.07, 6.45) is -2.35. The Hall–Kier alpha value is -1.03. The summed E-state index contributed by atoms with van der Waals surface area (Å²) in [5, 5.41) is 3.30. The van der Waals surface area contributed by atoms with Gasteiger partial charge in [-0.2, -0.15) is 13.2 Å². The molecule has 1 atom stereocenters. The fourth-order valence-corrected chi connectivity index (χ4v) is 2.16. The molecule has 1 fully saturated rings. The predicted octanol–water partition coefficient (Wildman–Crippen LogP) is 3.30. The molecule has 1 unspecified atom stereocenters. The Labute approximate surface area is 92.7 Å². The van der Waals surface area contributed by atoms with Crippen LogP contribution in [-0.2, 0) is 11.7 Å². The summed E-state index contributed by atoms with van der Waals surface area (Å²) in [7, 11) is 0. The first-order valence-corrected chi connectivity index (χ1v) is 5.41. The first-order valence-electron chi connectivity index (χ1n) is 5.41. The minimum Gasteiger partial charge on any atom is -0.307 e. The smallest absolute Gasteiger partial charge is 0.307 e. The minimum absolute atomic E-state index is 0.0931. The minimum atomic E-state index is -4.25. The molecule has 0 aliphatic carbocycles. The first kappa shape index (κ1) is 11.5. The number of rotatable bonds is 2. The van der Waals surface area contributed by atoms with Gasteiger partial charge in [0.2, 0.25) is 0 Å². The van der Waals surface area contributed by atoms with Crippen molar-refractivity contribution < 1.29 is 13.2 Å². The highest BCUT2D eigenvalue weighted by atomic mass is 19.4. The van der Waals surface area contributed by atoms with Crippen molar-refractivity contribution in [1.29, 1.82) is 0 Å². The summed E-state index contributed by atoms with van der Waals surface area (Å²) in [4.78, 5) is 0. The molecule has 4 heteroatoms. The normalized spacial score (nSPS) is 25.2. The zero-order valence-corrected chi connectivity index (χ0v) is 9.06. The third-order valence-corrected chi connectivity index (χ3v) is 3.38. The molecule has 1 heterocycles. The molecule has 16 heavy (non-hydrogen) atoms. The third kappa shape index (κ3) is 1.82. The van der Waals surface area contributed by atoms with Gasteiger partial charge in [-0.05, 0) is 37.1 Å². The van der Waals surface area contributed by atoms with E-state index in [0.717, 1.165) is 37.1 Å². The quantitative estimate of drug-likeness (QED) is 0.820. The molecule has 88 valence electrons. The SMILES string of the molecule is CCC1(c2ccc(C(F)(F)F)cc2)CCN1. The van der Waals surface area contributed by atoms with E-state index in [1.165, 1.54) is 0 Å². The second kappa shape index (κ2) is 3.77. The van der Waals surface area contributed by atoms with Crippen LogP contribution in [0, 0.1) is 0 Å². The van der Waals surface area contributed by atoms with Crippen LogP contribution in [0.2, 0.25) is 0 Å². The van der Waals surface area contributed by atoms with Gasteiger partial charge in [-0.1, -0.05) is 19.1 Å². The van der Waals surface area contributed by atoms with E-state index in [9.17, 15) is 13.2 Å². The monoisotopic (exact) mass is 229 g/mol. The molecule has 1 aliphatic rings. The van der Waals surface area contributed by atoms with Crippen LogP contribution in [0.5, 0.6) is 0 Å². The van der Waals surface area contributed by atoms with Crippen LogP contribution in [0.25, 0.3) is 0 Å². The molecule has 1 nitrogen and oxygen atoms in total. The molecule has 0 bridgehead atoms. The average molecular weight is 229 g/mol. The number of hydrogen-bond acceptors (Lipinski definition) is 1. The maximum Gasteiger partial charge on any atom is 0.416 e. The van der Waals surface area contributed by atoms with Crippen molar-refractivity contribution in [2.45, 2.75) is 31.5 Å². The molecule has 0 spiro atoms. The van der Waals surface area contributed by atoms with E-state index in [1.807, 2.05) is 6.92 Å². The summed E-state index contributed by atoms with van der Waals surface area (Å²) < 4.78 is 37.1. The van der Waals surface area contributed by atoms with Gasteiger partial charge in [-0.15, -0.1) is 0 Å². The van der Waals surface area contributed by atoms with Gasteiger partial charge in [0.1, 0.15) is 0 Å². The lowest BCUT2D eigenvalue weighted by atomic mass is 9.78. The molecule has 0 aromatic heterocycles. The lowest BCUT2D eigenvalue weighted by molar-refractivity contribution is -0.137. The van der Waals surface area contributed by atoms with Crippen molar-refractivity contribution in [3.63, 3.8) is 0 Å². The Bertz CT molecular complexity index is 357. The zero-order valence-electron chi connectivity index (χ0n) is 9.06. The molecular formula is C12H14F3N. The summed E-state index contributed by atoms with van der Waals surface area (Å²) in [6, 6.07) is 5.48. The van der Waals surface area contributed by atoms with Gasteiger partial charge in [-0.25, -0.2) is 0 Å². The molecule has 1 aromatic rings. The Balaban J connectivity index is 2.26. The zero-order chi connectivity index (χ0) is 11.8. The topological polar surface area (TPSA) is 12.0 Å². The van der Waals surface area contributed by atoms with Crippen molar-refractivity contribution >= 4 is 0 Å². The first-order chi connectivity index (χ1) is 7.48. The Morgan fingerprint density at radius 3 is 2.12 bits per heavy atom. The van der Waals surface area contributed by atoms with Gasteiger partial charge in [0.25, 0.3) is 0 Å². The lowest BCUT2D eigenvalue weighted by Crippen LogP contribution is -2.53. The van der Waals surface area contributed by atoms with Crippen molar-refractivity contribution in [2.24, 2.45) is 0 Å². The van der Waals surface area contributed by atoms with Crippen LogP contribution in [0.15, 0.2) is 24.3 Å². The fraction of sp³-hybridized carbons (Fsp3) is 0.500. The van der Waals surface area contributed by atoms with Crippen LogP contribution in [0.3, 0.4) is 0 Å². The van der Waals surface area contributed by atoms with Crippen molar-refractivity contribution in [2.75, 3.05) is 6.54 Å².